The van der Waals surface area contributed by atoms with Gasteiger partial charge in [0.15, 0.2) is 0 Å². The van der Waals surface area contributed by atoms with E-state index in [2.05, 4.69) is 96.1 Å². The van der Waals surface area contributed by atoms with Crippen molar-refractivity contribution in [2.75, 3.05) is 0 Å². The van der Waals surface area contributed by atoms with Gasteiger partial charge >= 0.3 is 8.60 Å². The number of unbranched alkanes of at least 4 members (excludes halogenated alkanes) is 36. The molecule has 3 aromatic carbocycles. The smallest absolute Gasteiger partial charge is 0.408 e. The third kappa shape index (κ3) is 35.9. The molecule has 0 unspecified atom stereocenters. The van der Waals surface area contributed by atoms with Crippen LogP contribution in [0.1, 0.15) is 345 Å². The Morgan fingerprint density at radius 1 is 0.197 bits per heavy atom. The summed E-state index contributed by atoms with van der Waals surface area (Å²) in [4.78, 5) is 0. The van der Waals surface area contributed by atoms with Crippen LogP contribution in [0, 0.1) is 0 Å². The van der Waals surface area contributed by atoms with Crippen molar-refractivity contribution >= 4 is 8.60 Å². The molecular weight excluding hydrogens is 944 g/mol. The van der Waals surface area contributed by atoms with Crippen LogP contribution in [0.3, 0.4) is 0 Å². The number of rotatable bonds is 54. The summed E-state index contributed by atoms with van der Waals surface area (Å²) in [7, 11) is -1.81. The summed E-state index contributed by atoms with van der Waals surface area (Å²) >= 11 is 0. The van der Waals surface area contributed by atoms with Gasteiger partial charge in [0.25, 0.3) is 0 Å². The largest absolute Gasteiger partial charge is 0.530 e. The molecule has 3 rings (SSSR count). The molecule has 0 amide bonds. The highest BCUT2D eigenvalue weighted by molar-refractivity contribution is 7.43. The Morgan fingerprint density at radius 2 is 0.342 bits per heavy atom. The fourth-order valence-electron chi connectivity index (χ4n) is 11.2. The zero-order valence-corrected chi connectivity index (χ0v) is 52.2. The van der Waals surface area contributed by atoms with Gasteiger partial charge in [-0.3, -0.25) is 0 Å². The highest BCUT2D eigenvalue weighted by Crippen LogP contribution is 2.44. The SMILES string of the molecule is CCCCCCCCCc1cc(CCCCCCCCC)cc(OP(Oc2cc(CCCCCCCCC)cc(CCCCCCCCC)c2)Oc2cc(CCCCCCCCC)cc(CCCCCCCCC)c2)c1. The molecule has 0 aliphatic carbocycles. The van der Waals surface area contributed by atoms with Gasteiger partial charge in [-0.2, -0.15) is 0 Å². The third-order valence-electron chi connectivity index (χ3n) is 16.0. The number of hydrogen-bond donors (Lipinski definition) is 0. The van der Waals surface area contributed by atoms with Gasteiger partial charge in [-0.05, 0) is 147 Å². The summed E-state index contributed by atoms with van der Waals surface area (Å²) in [6.07, 6.45) is 62.2. The molecule has 3 nitrogen and oxygen atoms in total. The van der Waals surface area contributed by atoms with E-state index in [9.17, 15) is 0 Å². The van der Waals surface area contributed by atoms with Crippen molar-refractivity contribution in [1.82, 2.24) is 0 Å². The predicted octanol–water partition coefficient (Wildman–Crippen LogP) is 25.2. The molecule has 0 bridgehead atoms. The summed E-state index contributed by atoms with van der Waals surface area (Å²) in [6.45, 7) is 13.9. The highest BCUT2D eigenvalue weighted by Gasteiger charge is 2.23. The lowest BCUT2D eigenvalue weighted by atomic mass is 9.99. The molecule has 0 spiro atoms. The van der Waals surface area contributed by atoms with Gasteiger partial charge in [-0.1, -0.05) is 291 Å². The predicted molar refractivity (Wildman–Crippen MR) is 338 cm³/mol. The van der Waals surface area contributed by atoms with Crippen molar-refractivity contribution in [2.45, 2.75) is 350 Å². The lowest BCUT2D eigenvalue weighted by Gasteiger charge is -2.21. The van der Waals surface area contributed by atoms with Gasteiger partial charge in [0, 0.05) is 0 Å². The standard InChI is InChI=1S/C72H123O3P/c1-7-13-19-25-31-37-43-49-64-55-65(50-44-38-32-26-20-14-8-2)59-70(58-64)73-76(74-71-60-66(51-45-39-33-27-21-15-9-3)56-67(61-71)52-46-40-34-28-22-16-10-4)75-72-62-68(53-47-41-35-29-23-17-11-5)57-69(63-72)54-48-42-36-30-24-18-12-6/h55-63H,7-54H2,1-6H3. The molecule has 0 aromatic heterocycles. The Kier molecular flexibility index (Phi) is 43.2. The average molecular weight is 1070 g/mol. The Labute approximate surface area is 474 Å². The molecule has 434 valence electrons. The van der Waals surface area contributed by atoms with Crippen molar-refractivity contribution in [3.05, 3.63) is 88.0 Å². The van der Waals surface area contributed by atoms with Gasteiger partial charge in [-0.25, -0.2) is 0 Å². The number of benzene rings is 3. The van der Waals surface area contributed by atoms with Crippen molar-refractivity contribution in [1.29, 1.82) is 0 Å². The summed E-state index contributed by atoms with van der Waals surface area (Å²) < 4.78 is 21.6. The van der Waals surface area contributed by atoms with Crippen molar-refractivity contribution in [3.8, 4) is 17.2 Å². The first-order valence-corrected chi connectivity index (χ1v) is 34.8. The van der Waals surface area contributed by atoms with Crippen LogP contribution < -0.4 is 13.6 Å². The van der Waals surface area contributed by atoms with Crippen LogP contribution in [0.15, 0.2) is 54.6 Å². The van der Waals surface area contributed by atoms with Crippen LogP contribution in [0.4, 0.5) is 0 Å². The molecule has 4 heteroatoms. The molecular formula is C72H123O3P. The highest BCUT2D eigenvalue weighted by atomic mass is 31.2. The molecule has 0 aliphatic rings. The van der Waals surface area contributed by atoms with E-state index in [0.29, 0.717) is 0 Å². The molecule has 0 heterocycles. The van der Waals surface area contributed by atoms with Gasteiger partial charge < -0.3 is 13.6 Å². The van der Waals surface area contributed by atoms with Crippen molar-refractivity contribution in [3.63, 3.8) is 0 Å². The molecule has 0 saturated heterocycles. The molecule has 0 fully saturated rings. The number of aryl methyl sites for hydroxylation is 6. The zero-order valence-electron chi connectivity index (χ0n) is 51.3. The Balaban J connectivity index is 2.01. The van der Waals surface area contributed by atoms with Crippen LogP contribution >= 0.6 is 8.60 Å². The van der Waals surface area contributed by atoms with E-state index in [1.807, 2.05) is 0 Å². The van der Waals surface area contributed by atoms with Gasteiger partial charge in [0.05, 0.1) is 0 Å². The normalized spacial score (nSPS) is 11.6. The van der Waals surface area contributed by atoms with Gasteiger partial charge in [-0.15, -0.1) is 0 Å². The molecule has 76 heavy (non-hydrogen) atoms. The maximum absolute atomic E-state index is 7.21. The molecule has 0 aliphatic heterocycles. The van der Waals surface area contributed by atoms with Crippen molar-refractivity contribution in [2.24, 2.45) is 0 Å². The monoisotopic (exact) mass is 1070 g/mol. The number of hydrogen-bond acceptors (Lipinski definition) is 3. The Bertz CT molecular complexity index is 1460. The third-order valence-corrected chi connectivity index (χ3v) is 17.1. The molecule has 0 atom stereocenters. The molecule has 0 N–H and O–H groups in total. The fourth-order valence-corrected chi connectivity index (χ4v) is 12.2. The maximum Gasteiger partial charge on any atom is 0.530 e. The summed E-state index contributed by atoms with van der Waals surface area (Å²) in [5, 5.41) is 0. The van der Waals surface area contributed by atoms with E-state index >= 15 is 0 Å². The van der Waals surface area contributed by atoms with E-state index in [1.54, 1.807) is 0 Å². The van der Waals surface area contributed by atoms with E-state index in [-0.39, 0.29) is 0 Å². The second-order valence-corrected chi connectivity index (χ2v) is 24.7. The average Bonchev–Trinajstić information content (AvgIpc) is 3.41. The summed E-state index contributed by atoms with van der Waals surface area (Å²) in [6, 6.07) is 21.5. The van der Waals surface area contributed by atoms with E-state index < -0.39 is 8.60 Å². The lowest BCUT2D eigenvalue weighted by Crippen LogP contribution is -2.05. The van der Waals surface area contributed by atoms with E-state index in [0.717, 1.165) is 55.8 Å². The first-order chi connectivity index (χ1) is 37.5. The maximum atomic E-state index is 7.21. The van der Waals surface area contributed by atoms with Crippen LogP contribution in [-0.2, 0) is 38.5 Å². The second-order valence-electron chi connectivity index (χ2n) is 23.7. The minimum absolute atomic E-state index is 0.912. The summed E-state index contributed by atoms with van der Waals surface area (Å²) in [5.74, 6) is 2.73. The zero-order chi connectivity index (χ0) is 54.2. The Morgan fingerprint density at radius 3 is 0.500 bits per heavy atom. The van der Waals surface area contributed by atoms with Crippen LogP contribution in [0.25, 0.3) is 0 Å². The first-order valence-electron chi connectivity index (χ1n) is 33.7. The second kappa shape index (κ2) is 48.4. The van der Waals surface area contributed by atoms with E-state index in [4.69, 9.17) is 13.6 Å². The molecule has 0 radical (unpaired) electrons. The fraction of sp³-hybridized carbons (Fsp3) is 0.750. The van der Waals surface area contributed by atoms with Gasteiger partial charge in [0.2, 0.25) is 0 Å². The van der Waals surface area contributed by atoms with Crippen LogP contribution in [0.5, 0.6) is 17.2 Å². The van der Waals surface area contributed by atoms with Crippen LogP contribution in [-0.4, -0.2) is 0 Å². The first kappa shape index (κ1) is 67.8. The molecule has 0 saturated carbocycles. The summed E-state index contributed by atoms with van der Waals surface area (Å²) in [5.41, 5.74) is 8.42. The van der Waals surface area contributed by atoms with E-state index in [1.165, 1.54) is 303 Å². The van der Waals surface area contributed by atoms with Crippen LogP contribution in [0.2, 0.25) is 0 Å². The lowest BCUT2D eigenvalue weighted by molar-refractivity contribution is 0.387. The quantitative estimate of drug-likeness (QED) is 0.0416. The Hall–Kier alpha value is -2.51. The minimum Gasteiger partial charge on any atom is -0.408 e. The topological polar surface area (TPSA) is 27.7 Å². The minimum atomic E-state index is -1.81. The molecule has 3 aromatic rings. The van der Waals surface area contributed by atoms with Crippen molar-refractivity contribution < 1.29 is 13.6 Å². The van der Waals surface area contributed by atoms with Gasteiger partial charge in [0.1, 0.15) is 17.2 Å².